The molecule has 4 nitrogen and oxygen atoms in total. The number of phenols is 1. The molecule has 0 spiro atoms. The SMILES string of the molecule is [2H]c1c([2H])c([2H])c(-c2ccccc2-n2c(-c3cc(C(C)(C)C)cc(C(C)(C)C)c3O)nc3c(-c4cc(-c5ccccc5)cc(-c5cc(-c6ccc(C)cc6)ccn5)c4)cccc32)c([2H])c1[2H]. The summed E-state index contributed by atoms with van der Waals surface area (Å²) in [6.07, 6.45) is 1.85. The fourth-order valence-corrected chi connectivity index (χ4v) is 8.07. The van der Waals surface area contributed by atoms with Gasteiger partial charge in [0.2, 0.25) is 0 Å². The Bertz CT molecular complexity index is 3320. The molecule has 4 heteroatoms. The van der Waals surface area contributed by atoms with Crippen LogP contribution in [0.25, 0.3) is 83.9 Å². The molecule has 0 aliphatic heterocycles. The predicted octanol–water partition coefficient (Wildman–Crippen LogP) is 15.0. The van der Waals surface area contributed by atoms with Crippen LogP contribution in [-0.2, 0) is 10.8 Å². The fraction of sp³-hybridized carbons (Fsp3) is 0.158. The summed E-state index contributed by atoms with van der Waals surface area (Å²) in [7, 11) is 0. The minimum absolute atomic E-state index is 0.0733. The van der Waals surface area contributed by atoms with Crippen molar-refractivity contribution in [2.75, 3.05) is 0 Å². The molecule has 300 valence electrons. The molecular formula is C57H51N3O. The van der Waals surface area contributed by atoms with Crippen LogP contribution >= 0.6 is 0 Å². The molecule has 0 aliphatic rings. The summed E-state index contributed by atoms with van der Waals surface area (Å²) < 4.78 is 45.7. The van der Waals surface area contributed by atoms with E-state index in [4.69, 9.17) is 16.8 Å². The lowest BCUT2D eigenvalue weighted by atomic mass is 9.79. The van der Waals surface area contributed by atoms with Crippen molar-refractivity contribution >= 4 is 11.0 Å². The monoisotopic (exact) mass is 798 g/mol. The van der Waals surface area contributed by atoms with Crippen molar-refractivity contribution in [3.05, 3.63) is 193 Å². The van der Waals surface area contributed by atoms with Crippen molar-refractivity contribution < 1.29 is 12.0 Å². The number of para-hydroxylation sites is 2. The molecule has 0 atom stereocenters. The molecular weight excluding hydrogens is 743 g/mol. The minimum Gasteiger partial charge on any atom is -0.507 e. The summed E-state index contributed by atoms with van der Waals surface area (Å²) in [5.41, 5.74) is 12.8. The number of rotatable bonds is 7. The third kappa shape index (κ3) is 7.66. The Kier molecular flexibility index (Phi) is 8.59. The number of phenolic OH excluding ortho intramolecular Hbond substituents is 1. The van der Waals surface area contributed by atoms with Crippen molar-refractivity contribution in [2.24, 2.45) is 0 Å². The highest BCUT2D eigenvalue weighted by Gasteiger charge is 2.29. The van der Waals surface area contributed by atoms with Crippen LogP contribution in [0.1, 0.15) is 65.1 Å². The van der Waals surface area contributed by atoms with E-state index in [1.165, 1.54) is 5.56 Å². The van der Waals surface area contributed by atoms with Crippen LogP contribution in [0, 0.1) is 6.92 Å². The molecule has 0 amide bonds. The van der Waals surface area contributed by atoms with Gasteiger partial charge in [-0.05, 0) is 105 Å². The zero-order chi connectivity index (χ0) is 46.8. The molecule has 9 aromatic rings. The highest BCUT2D eigenvalue weighted by atomic mass is 16.3. The van der Waals surface area contributed by atoms with E-state index in [2.05, 4.69) is 121 Å². The summed E-state index contributed by atoms with van der Waals surface area (Å²) in [6, 6.07) is 44.9. The van der Waals surface area contributed by atoms with Gasteiger partial charge in [-0.2, -0.15) is 0 Å². The maximum Gasteiger partial charge on any atom is 0.149 e. The van der Waals surface area contributed by atoms with Crippen LogP contribution in [0.2, 0.25) is 0 Å². The molecule has 7 aromatic carbocycles. The molecule has 0 radical (unpaired) electrons. The first-order chi connectivity index (χ1) is 31.4. The van der Waals surface area contributed by atoms with Crippen molar-refractivity contribution in [3.63, 3.8) is 0 Å². The number of hydrogen-bond acceptors (Lipinski definition) is 3. The number of pyridine rings is 1. The molecule has 0 fully saturated rings. The number of imidazole rings is 1. The second kappa shape index (κ2) is 15.5. The fourth-order valence-electron chi connectivity index (χ4n) is 8.07. The van der Waals surface area contributed by atoms with E-state index >= 15 is 0 Å². The summed E-state index contributed by atoms with van der Waals surface area (Å²) in [4.78, 5) is 10.4. The first-order valence-corrected chi connectivity index (χ1v) is 20.7. The maximum atomic E-state index is 12.5. The van der Waals surface area contributed by atoms with Gasteiger partial charge in [0.05, 0.1) is 34.8 Å². The van der Waals surface area contributed by atoms with Gasteiger partial charge in [0.15, 0.2) is 0 Å². The molecule has 2 aromatic heterocycles. The highest BCUT2D eigenvalue weighted by molar-refractivity contribution is 5.98. The number of nitrogens with zero attached hydrogens (tertiary/aromatic N) is 3. The van der Waals surface area contributed by atoms with Gasteiger partial charge < -0.3 is 5.11 Å². The Balaban J connectivity index is 1.37. The Morgan fingerprint density at radius 2 is 1.21 bits per heavy atom. The second-order valence-electron chi connectivity index (χ2n) is 17.8. The molecule has 9 rings (SSSR count). The summed E-state index contributed by atoms with van der Waals surface area (Å²) >= 11 is 0. The number of fused-ring (bicyclic) bond motifs is 1. The van der Waals surface area contributed by atoms with Crippen molar-refractivity contribution in [1.29, 1.82) is 0 Å². The van der Waals surface area contributed by atoms with E-state index in [0.717, 1.165) is 55.8 Å². The minimum atomic E-state index is -0.461. The van der Waals surface area contributed by atoms with Gasteiger partial charge in [0, 0.05) is 28.5 Å². The molecule has 0 unspecified atom stereocenters. The van der Waals surface area contributed by atoms with E-state index < -0.39 is 23.5 Å². The van der Waals surface area contributed by atoms with Crippen molar-refractivity contribution in [2.45, 2.75) is 59.3 Å². The molecule has 0 aliphatic carbocycles. The summed E-state index contributed by atoms with van der Waals surface area (Å²) in [5, 5.41) is 12.5. The van der Waals surface area contributed by atoms with E-state index in [-0.39, 0.29) is 28.8 Å². The Morgan fingerprint density at radius 3 is 1.95 bits per heavy atom. The molecule has 0 saturated carbocycles. The van der Waals surface area contributed by atoms with E-state index in [9.17, 15) is 5.11 Å². The van der Waals surface area contributed by atoms with Crippen LogP contribution in [0.5, 0.6) is 5.75 Å². The lowest BCUT2D eigenvalue weighted by molar-refractivity contribution is 0.446. The van der Waals surface area contributed by atoms with Crippen LogP contribution in [-0.4, -0.2) is 19.6 Å². The summed E-state index contributed by atoms with van der Waals surface area (Å²) in [5.74, 6) is 0.542. The van der Waals surface area contributed by atoms with Crippen LogP contribution in [0.15, 0.2) is 176 Å². The lowest BCUT2D eigenvalue weighted by Crippen LogP contribution is -2.17. The van der Waals surface area contributed by atoms with Gasteiger partial charge in [-0.3, -0.25) is 9.55 Å². The Morgan fingerprint density at radius 1 is 0.541 bits per heavy atom. The first-order valence-electron chi connectivity index (χ1n) is 23.2. The molecule has 2 heterocycles. The van der Waals surface area contributed by atoms with Gasteiger partial charge in [-0.1, -0.05) is 168 Å². The van der Waals surface area contributed by atoms with Crippen LogP contribution < -0.4 is 0 Å². The van der Waals surface area contributed by atoms with Crippen LogP contribution in [0.3, 0.4) is 0 Å². The van der Waals surface area contributed by atoms with Crippen molar-refractivity contribution in [1.82, 2.24) is 14.5 Å². The highest BCUT2D eigenvalue weighted by Crippen LogP contribution is 2.46. The average molecular weight is 799 g/mol. The largest absolute Gasteiger partial charge is 0.507 e. The smallest absolute Gasteiger partial charge is 0.149 e. The quantitative estimate of drug-likeness (QED) is 0.175. The standard InChI is InChI=1S/C57H51N3O/c1-37-25-27-39(28-26-37)41-29-30-58-50(34-41)44-32-42(38-17-10-8-11-18-38)31-43(33-44)47-22-16-24-52-53(47)59-55(48-35-45(56(2,3)4)36-49(54(48)61)57(5,6)7)60(52)51-23-15-14-21-46(51)40-19-12-9-13-20-40/h8-36,61H,1-7H3/i9D,12D,13D,19D,20D. The number of aromatic nitrogens is 3. The van der Waals surface area contributed by atoms with E-state index in [1.807, 2.05) is 65.4 Å². The summed E-state index contributed by atoms with van der Waals surface area (Å²) in [6.45, 7) is 14.8. The van der Waals surface area contributed by atoms with Crippen LogP contribution in [0.4, 0.5) is 0 Å². The topological polar surface area (TPSA) is 50.9 Å². The van der Waals surface area contributed by atoms with Gasteiger partial charge >= 0.3 is 0 Å². The number of aromatic hydroxyl groups is 1. The predicted molar refractivity (Wildman–Crippen MR) is 255 cm³/mol. The average Bonchev–Trinajstić information content (AvgIpc) is 3.69. The number of aryl methyl sites for hydroxylation is 1. The van der Waals surface area contributed by atoms with Crippen molar-refractivity contribution in [3.8, 4) is 78.6 Å². The van der Waals surface area contributed by atoms with E-state index in [0.29, 0.717) is 33.7 Å². The zero-order valence-corrected chi connectivity index (χ0v) is 35.6. The number of hydrogen-bond donors (Lipinski definition) is 1. The van der Waals surface area contributed by atoms with Gasteiger partial charge in [-0.15, -0.1) is 0 Å². The maximum absolute atomic E-state index is 12.5. The molecule has 61 heavy (non-hydrogen) atoms. The number of benzene rings is 7. The first kappa shape index (κ1) is 33.8. The zero-order valence-electron chi connectivity index (χ0n) is 40.6. The molecule has 0 bridgehead atoms. The third-order valence-electron chi connectivity index (χ3n) is 11.4. The Hall–Kier alpha value is -7.04. The molecule has 0 saturated heterocycles. The van der Waals surface area contributed by atoms with Gasteiger partial charge in [0.25, 0.3) is 0 Å². The third-order valence-corrected chi connectivity index (χ3v) is 11.4. The lowest BCUT2D eigenvalue weighted by Gasteiger charge is -2.27. The van der Waals surface area contributed by atoms with Gasteiger partial charge in [0.1, 0.15) is 11.6 Å². The Labute approximate surface area is 366 Å². The van der Waals surface area contributed by atoms with E-state index in [1.54, 1.807) is 12.1 Å². The normalized spacial score (nSPS) is 13.1. The van der Waals surface area contributed by atoms with Gasteiger partial charge in [-0.25, -0.2) is 4.98 Å². The second-order valence-corrected chi connectivity index (χ2v) is 17.8. The molecule has 1 N–H and O–H groups in total.